The minimum atomic E-state index is -0.0895. The Labute approximate surface area is 291 Å². The van der Waals surface area contributed by atoms with Crippen LogP contribution in [0.15, 0.2) is 0 Å². The van der Waals surface area contributed by atoms with Crippen molar-refractivity contribution in [1.82, 2.24) is 5.32 Å². The SMILES string of the molecule is CCCCCCCCC(CCCCCCCC)OC(=O)CCCCCCCNC(CO)CCCC(=O)OCC1CC1CCCCCC. The maximum Gasteiger partial charge on any atom is 0.306 e. The Bertz CT molecular complexity index is 700. The van der Waals surface area contributed by atoms with E-state index < -0.39 is 0 Å². The van der Waals surface area contributed by atoms with E-state index in [4.69, 9.17) is 9.47 Å². The summed E-state index contributed by atoms with van der Waals surface area (Å²) in [6.45, 7) is 8.32. The van der Waals surface area contributed by atoms with Gasteiger partial charge in [0.2, 0.25) is 0 Å². The first kappa shape index (κ1) is 43.9. The molecule has 1 aliphatic rings. The second-order valence-corrected chi connectivity index (χ2v) is 14.8. The number of hydrogen-bond acceptors (Lipinski definition) is 6. The Morgan fingerprint density at radius 1 is 0.617 bits per heavy atom. The summed E-state index contributed by atoms with van der Waals surface area (Å²) in [4.78, 5) is 24.8. The number of carbonyl (C=O) groups excluding carboxylic acids is 2. The summed E-state index contributed by atoms with van der Waals surface area (Å²) in [7, 11) is 0. The van der Waals surface area contributed by atoms with Crippen LogP contribution in [0.1, 0.15) is 207 Å². The second-order valence-electron chi connectivity index (χ2n) is 14.8. The van der Waals surface area contributed by atoms with Crippen LogP contribution in [-0.2, 0) is 19.1 Å². The van der Waals surface area contributed by atoms with Crippen LogP contribution in [0.25, 0.3) is 0 Å². The van der Waals surface area contributed by atoms with E-state index in [1.807, 2.05) is 0 Å². The van der Waals surface area contributed by atoms with E-state index in [0.29, 0.717) is 25.4 Å². The Balaban J connectivity index is 2.07. The molecule has 0 amide bonds. The van der Waals surface area contributed by atoms with Crippen LogP contribution in [0.4, 0.5) is 0 Å². The standard InChI is InChI=1S/C41H79NO5/c1-4-7-10-13-16-21-28-39(29-22-17-14-11-8-5-2)47-41(45)30-23-18-15-19-24-32-42-38(34-43)27-25-31-40(44)46-35-37-33-36(37)26-20-12-9-6-3/h36-39,42-43H,4-35H2,1-3H3. The zero-order valence-corrected chi connectivity index (χ0v) is 31.5. The maximum atomic E-state index is 12.6. The first-order valence-corrected chi connectivity index (χ1v) is 20.7. The molecule has 3 unspecified atom stereocenters. The van der Waals surface area contributed by atoms with E-state index >= 15 is 0 Å². The smallest absolute Gasteiger partial charge is 0.306 e. The van der Waals surface area contributed by atoms with Crippen LogP contribution < -0.4 is 5.32 Å². The molecule has 0 bridgehead atoms. The van der Waals surface area contributed by atoms with Crippen LogP contribution in [0.3, 0.4) is 0 Å². The summed E-state index contributed by atoms with van der Waals surface area (Å²) in [6, 6.07) is 0.0362. The Morgan fingerprint density at radius 2 is 1.15 bits per heavy atom. The van der Waals surface area contributed by atoms with Crippen LogP contribution in [0, 0.1) is 11.8 Å². The van der Waals surface area contributed by atoms with E-state index in [9.17, 15) is 14.7 Å². The van der Waals surface area contributed by atoms with Gasteiger partial charge in [-0.2, -0.15) is 0 Å². The Kier molecular flexibility index (Phi) is 30.0. The van der Waals surface area contributed by atoms with Crippen LogP contribution >= 0.6 is 0 Å². The van der Waals surface area contributed by atoms with Crippen molar-refractivity contribution in [1.29, 1.82) is 0 Å². The summed E-state index contributed by atoms with van der Waals surface area (Å²) in [5.74, 6) is 1.27. The van der Waals surface area contributed by atoms with Crippen molar-refractivity contribution in [2.45, 2.75) is 219 Å². The molecule has 6 heteroatoms. The van der Waals surface area contributed by atoms with Gasteiger partial charge in [0.15, 0.2) is 0 Å². The lowest BCUT2D eigenvalue weighted by molar-refractivity contribution is -0.150. The molecule has 0 heterocycles. The number of aliphatic hydroxyl groups is 1. The number of nitrogens with one attached hydrogen (secondary N) is 1. The molecule has 1 saturated carbocycles. The molecule has 0 aromatic heterocycles. The average Bonchev–Trinajstić information content (AvgIpc) is 3.83. The summed E-state index contributed by atoms with van der Waals surface area (Å²) >= 11 is 0. The third-order valence-electron chi connectivity index (χ3n) is 10.2. The Morgan fingerprint density at radius 3 is 1.77 bits per heavy atom. The fourth-order valence-corrected chi connectivity index (χ4v) is 6.77. The number of unbranched alkanes of at least 4 members (excludes halogenated alkanes) is 17. The number of hydrogen-bond donors (Lipinski definition) is 2. The molecule has 0 saturated heterocycles. The molecule has 0 radical (unpaired) electrons. The third kappa shape index (κ3) is 27.4. The minimum Gasteiger partial charge on any atom is -0.465 e. The van der Waals surface area contributed by atoms with Gasteiger partial charge in [-0.15, -0.1) is 0 Å². The third-order valence-corrected chi connectivity index (χ3v) is 10.2. The van der Waals surface area contributed by atoms with Crippen molar-refractivity contribution in [3.63, 3.8) is 0 Å². The van der Waals surface area contributed by atoms with Gasteiger partial charge in [0.1, 0.15) is 6.10 Å². The second kappa shape index (κ2) is 32.1. The van der Waals surface area contributed by atoms with E-state index in [1.54, 1.807) is 0 Å². The number of ether oxygens (including phenoxy) is 2. The number of esters is 2. The van der Waals surface area contributed by atoms with Crippen LogP contribution in [0.5, 0.6) is 0 Å². The highest BCUT2D eigenvalue weighted by Crippen LogP contribution is 2.42. The molecule has 0 aliphatic heterocycles. The van der Waals surface area contributed by atoms with E-state index in [1.165, 1.54) is 116 Å². The first-order valence-electron chi connectivity index (χ1n) is 20.7. The molecule has 6 nitrogen and oxygen atoms in total. The molecule has 47 heavy (non-hydrogen) atoms. The van der Waals surface area contributed by atoms with Gasteiger partial charge in [-0.05, 0) is 76.2 Å². The molecule has 1 rings (SSSR count). The highest BCUT2D eigenvalue weighted by Gasteiger charge is 2.37. The lowest BCUT2D eigenvalue weighted by atomic mass is 10.0. The zero-order chi connectivity index (χ0) is 34.2. The normalized spacial score (nSPS) is 16.4. The van der Waals surface area contributed by atoms with Crippen molar-refractivity contribution < 1.29 is 24.2 Å². The van der Waals surface area contributed by atoms with Gasteiger partial charge in [0, 0.05) is 18.9 Å². The molecule has 1 aliphatic carbocycles. The predicted molar refractivity (Wildman–Crippen MR) is 198 cm³/mol. The quantitative estimate of drug-likeness (QED) is 0.0512. The van der Waals surface area contributed by atoms with Gasteiger partial charge < -0.3 is 19.9 Å². The van der Waals surface area contributed by atoms with Crippen molar-refractivity contribution in [3.05, 3.63) is 0 Å². The molecule has 2 N–H and O–H groups in total. The van der Waals surface area contributed by atoms with E-state index in [-0.39, 0.29) is 30.7 Å². The van der Waals surface area contributed by atoms with Crippen LogP contribution in [-0.4, -0.2) is 48.9 Å². The van der Waals surface area contributed by atoms with E-state index in [0.717, 1.165) is 70.3 Å². The lowest BCUT2D eigenvalue weighted by Gasteiger charge is -2.18. The minimum absolute atomic E-state index is 0.00200. The van der Waals surface area contributed by atoms with Gasteiger partial charge in [0.05, 0.1) is 13.2 Å². The van der Waals surface area contributed by atoms with Gasteiger partial charge in [0.25, 0.3) is 0 Å². The van der Waals surface area contributed by atoms with Gasteiger partial charge in [-0.1, -0.05) is 136 Å². The number of aliphatic hydroxyl groups excluding tert-OH is 1. The number of rotatable bonds is 36. The van der Waals surface area contributed by atoms with Crippen LogP contribution in [0.2, 0.25) is 0 Å². The topological polar surface area (TPSA) is 84.9 Å². The van der Waals surface area contributed by atoms with Gasteiger partial charge in [-0.25, -0.2) is 0 Å². The molecule has 1 fully saturated rings. The first-order chi connectivity index (χ1) is 23.0. The summed E-state index contributed by atoms with van der Waals surface area (Å²) in [5, 5.41) is 13.2. The molecule has 0 aromatic carbocycles. The van der Waals surface area contributed by atoms with Gasteiger partial charge in [-0.3, -0.25) is 9.59 Å². The predicted octanol–water partition coefficient (Wildman–Crippen LogP) is 11.0. The largest absolute Gasteiger partial charge is 0.465 e. The highest BCUT2D eigenvalue weighted by molar-refractivity contribution is 5.69. The zero-order valence-electron chi connectivity index (χ0n) is 31.5. The summed E-state index contributed by atoms with van der Waals surface area (Å²) < 4.78 is 11.5. The van der Waals surface area contributed by atoms with Crippen molar-refractivity contribution in [3.8, 4) is 0 Å². The fourth-order valence-electron chi connectivity index (χ4n) is 6.77. The molecular weight excluding hydrogens is 586 g/mol. The molecule has 0 aromatic rings. The monoisotopic (exact) mass is 666 g/mol. The number of carbonyl (C=O) groups is 2. The lowest BCUT2D eigenvalue weighted by Crippen LogP contribution is -2.33. The Hall–Kier alpha value is -1.14. The van der Waals surface area contributed by atoms with Gasteiger partial charge >= 0.3 is 11.9 Å². The van der Waals surface area contributed by atoms with Crippen molar-refractivity contribution in [2.24, 2.45) is 11.8 Å². The molecule has 0 spiro atoms. The van der Waals surface area contributed by atoms with Crippen molar-refractivity contribution in [2.75, 3.05) is 19.8 Å². The average molecular weight is 666 g/mol. The highest BCUT2D eigenvalue weighted by atomic mass is 16.5. The summed E-state index contributed by atoms with van der Waals surface area (Å²) in [5.41, 5.74) is 0. The van der Waals surface area contributed by atoms with Crippen molar-refractivity contribution >= 4 is 11.9 Å². The maximum absolute atomic E-state index is 12.6. The molecule has 278 valence electrons. The summed E-state index contributed by atoms with van der Waals surface area (Å²) in [6.07, 6.45) is 33.0. The molecule has 3 atom stereocenters. The fraction of sp³-hybridized carbons (Fsp3) is 0.951. The molecular formula is C41H79NO5. The van der Waals surface area contributed by atoms with E-state index in [2.05, 4.69) is 26.1 Å².